The van der Waals surface area contributed by atoms with Crippen LogP contribution in [0.2, 0.25) is 5.02 Å². The Labute approximate surface area is 123 Å². The fourth-order valence-electron chi connectivity index (χ4n) is 1.62. The van der Waals surface area contributed by atoms with Crippen molar-refractivity contribution in [3.63, 3.8) is 0 Å². The molecule has 110 valence electrons. The van der Waals surface area contributed by atoms with Gasteiger partial charge in [-0.25, -0.2) is 4.79 Å². The van der Waals surface area contributed by atoms with Gasteiger partial charge >= 0.3 is 12.0 Å². The Bertz CT molecular complexity index is 515. The van der Waals surface area contributed by atoms with Gasteiger partial charge in [-0.2, -0.15) is 0 Å². The number of carbonyl (C=O) groups excluding carboxylic acids is 1. The number of rotatable bonds is 5. The van der Waals surface area contributed by atoms with Crippen LogP contribution < -0.4 is 10.6 Å². The van der Waals surface area contributed by atoms with Gasteiger partial charge in [0.05, 0.1) is 0 Å². The molecule has 0 saturated carbocycles. The topological polar surface area (TPSA) is 78.4 Å². The second-order valence-electron chi connectivity index (χ2n) is 5.32. The molecule has 0 bridgehead atoms. The molecule has 0 aliphatic carbocycles. The molecule has 5 nitrogen and oxygen atoms in total. The first-order valence-corrected chi connectivity index (χ1v) is 6.64. The zero-order chi connectivity index (χ0) is 15.3. The molecule has 0 aliphatic rings. The maximum atomic E-state index is 11.9. The standard InChI is InChI=1S/C14H19ClN2O3/c1-9-4-5-10(8-11(9)15)16-13(20)17-14(2,3)7-6-12(18)19/h4-5,8H,6-7H2,1-3H3,(H,18,19)(H2,16,17,20). The quantitative estimate of drug-likeness (QED) is 0.779. The number of nitrogens with one attached hydrogen (secondary N) is 2. The first kappa shape index (κ1) is 16.3. The molecule has 6 heteroatoms. The van der Waals surface area contributed by atoms with Gasteiger partial charge in [-0.15, -0.1) is 0 Å². The summed E-state index contributed by atoms with van der Waals surface area (Å²) in [6.45, 7) is 5.43. The first-order chi connectivity index (χ1) is 9.19. The largest absolute Gasteiger partial charge is 0.481 e. The van der Waals surface area contributed by atoms with E-state index in [1.807, 2.05) is 13.0 Å². The number of hydrogen-bond donors (Lipinski definition) is 3. The Balaban J connectivity index is 2.58. The van der Waals surface area contributed by atoms with Crippen molar-refractivity contribution >= 4 is 29.3 Å². The predicted octanol–water partition coefficient (Wildman–Crippen LogP) is 3.41. The SMILES string of the molecule is Cc1ccc(NC(=O)NC(C)(C)CCC(=O)O)cc1Cl. The van der Waals surface area contributed by atoms with Crippen LogP contribution in [-0.4, -0.2) is 22.6 Å². The third kappa shape index (κ3) is 5.48. The van der Waals surface area contributed by atoms with Gasteiger partial charge in [0.15, 0.2) is 0 Å². The molecule has 2 amide bonds. The zero-order valence-electron chi connectivity index (χ0n) is 11.8. The molecule has 1 aromatic rings. The average molecular weight is 299 g/mol. The maximum Gasteiger partial charge on any atom is 0.319 e. The third-order valence-electron chi connectivity index (χ3n) is 2.85. The summed E-state index contributed by atoms with van der Waals surface area (Å²) in [5, 5.41) is 14.6. The third-order valence-corrected chi connectivity index (χ3v) is 3.25. The molecular formula is C14H19ClN2O3. The second-order valence-corrected chi connectivity index (χ2v) is 5.73. The second kappa shape index (κ2) is 6.61. The van der Waals surface area contributed by atoms with E-state index in [0.717, 1.165) is 5.56 Å². The molecule has 20 heavy (non-hydrogen) atoms. The number of carbonyl (C=O) groups is 2. The molecule has 1 rings (SSSR count). The summed E-state index contributed by atoms with van der Waals surface area (Å²) in [5.41, 5.74) is 0.920. The van der Waals surface area contributed by atoms with Crippen molar-refractivity contribution < 1.29 is 14.7 Å². The summed E-state index contributed by atoms with van der Waals surface area (Å²) in [5.74, 6) is -0.884. The van der Waals surface area contributed by atoms with Crippen LogP contribution in [-0.2, 0) is 4.79 Å². The highest BCUT2D eigenvalue weighted by Crippen LogP contribution is 2.20. The summed E-state index contributed by atoms with van der Waals surface area (Å²) in [4.78, 5) is 22.4. The summed E-state index contributed by atoms with van der Waals surface area (Å²) in [7, 11) is 0. The highest BCUT2D eigenvalue weighted by molar-refractivity contribution is 6.31. The molecule has 0 aromatic heterocycles. The minimum atomic E-state index is -0.884. The maximum absolute atomic E-state index is 11.9. The number of hydrogen-bond acceptors (Lipinski definition) is 2. The van der Waals surface area contributed by atoms with Crippen LogP contribution in [0.15, 0.2) is 18.2 Å². The van der Waals surface area contributed by atoms with Crippen molar-refractivity contribution in [2.24, 2.45) is 0 Å². The van der Waals surface area contributed by atoms with Crippen LogP contribution >= 0.6 is 11.6 Å². The molecule has 0 aliphatic heterocycles. The highest BCUT2D eigenvalue weighted by Gasteiger charge is 2.21. The molecule has 0 radical (unpaired) electrons. The number of urea groups is 1. The van der Waals surface area contributed by atoms with Crippen LogP contribution in [0.5, 0.6) is 0 Å². The minimum Gasteiger partial charge on any atom is -0.481 e. The molecule has 3 N–H and O–H groups in total. The van der Waals surface area contributed by atoms with Gasteiger partial charge < -0.3 is 15.7 Å². The molecule has 0 saturated heterocycles. The monoisotopic (exact) mass is 298 g/mol. The van der Waals surface area contributed by atoms with Crippen LogP contribution in [0.4, 0.5) is 10.5 Å². The van der Waals surface area contributed by atoms with Crippen molar-refractivity contribution in [2.75, 3.05) is 5.32 Å². The molecule has 0 unspecified atom stereocenters. The Kier molecular flexibility index (Phi) is 5.39. The smallest absolute Gasteiger partial charge is 0.319 e. The lowest BCUT2D eigenvalue weighted by Crippen LogP contribution is -2.45. The lowest BCUT2D eigenvalue weighted by molar-refractivity contribution is -0.137. The molecule has 0 spiro atoms. The molecular weight excluding hydrogens is 280 g/mol. The Morgan fingerprint density at radius 3 is 2.55 bits per heavy atom. The van der Waals surface area contributed by atoms with Crippen molar-refractivity contribution in [1.82, 2.24) is 5.32 Å². The van der Waals surface area contributed by atoms with E-state index in [0.29, 0.717) is 17.1 Å². The Morgan fingerprint density at radius 2 is 2.00 bits per heavy atom. The highest BCUT2D eigenvalue weighted by atomic mass is 35.5. The molecule has 0 atom stereocenters. The van der Waals surface area contributed by atoms with Gasteiger partial charge in [0, 0.05) is 22.7 Å². The van der Waals surface area contributed by atoms with E-state index >= 15 is 0 Å². The number of carboxylic acids is 1. The van der Waals surface area contributed by atoms with Crippen molar-refractivity contribution in [3.05, 3.63) is 28.8 Å². The van der Waals surface area contributed by atoms with Crippen LogP contribution in [0.25, 0.3) is 0 Å². The molecule has 1 aromatic carbocycles. The van der Waals surface area contributed by atoms with E-state index < -0.39 is 11.5 Å². The van der Waals surface area contributed by atoms with Gasteiger partial charge in [-0.1, -0.05) is 17.7 Å². The molecule has 0 fully saturated rings. The average Bonchev–Trinajstić information content (AvgIpc) is 2.31. The van der Waals surface area contributed by atoms with Crippen molar-refractivity contribution in [2.45, 2.75) is 39.2 Å². The van der Waals surface area contributed by atoms with E-state index in [1.165, 1.54) is 0 Å². The molecule has 0 heterocycles. The first-order valence-electron chi connectivity index (χ1n) is 6.27. The van der Waals surface area contributed by atoms with Crippen LogP contribution in [0.1, 0.15) is 32.3 Å². The summed E-state index contributed by atoms with van der Waals surface area (Å²) < 4.78 is 0. The van der Waals surface area contributed by atoms with E-state index in [4.69, 9.17) is 16.7 Å². The Hall–Kier alpha value is -1.75. The number of amides is 2. The van der Waals surface area contributed by atoms with E-state index in [-0.39, 0.29) is 12.5 Å². The van der Waals surface area contributed by atoms with Crippen molar-refractivity contribution in [3.8, 4) is 0 Å². The van der Waals surface area contributed by atoms with E-state index in [9.17, 15) is 9.59 Å². The fourth-order valence-corrected chi connectivity index (χ4v) is 1.80. The number of aliphatic carboxylic acids is 1. The number of carboxylic acid groups (broad SMARTS) is 1. The van der Waals surface area contributed by atoms with Gasteiger partial charge in [0.25, 0.3) is 0 Å². The van der Waals surface area contributed by atoms with Crippen LogP contribution in [0, 0.1) is 6.92 Å². The summed E-state index contributed by atoms with van der Waals surface area (Å²) in [6.07, 6.45) is 0.355. The lowest BCUT2D eigenvalue weighted by Gasteiger charge is -2.25. The number of benzene rings is 1. The van der Waals surface area contributed by atoms with E-state index in [2.05, 4.69) is 10.6 Å². The normalized spacial score (nSPS) is 11.0. The number of anilines is 1. The van der Waals surface area contributed by atoms with Gasteiger partial charge in [0.2, 0.25) is 0 Å². The number of aryl methyl sites for hydroxylation is 1. The fraction of sp³-hybridized carbons (Fsp3) is 0.429. The van der Waals surface area contributed by atoms with Gasteiger partial charge in [0.1, 0.15) is 0 Å². The zero-order valence-corrected chi connectivity index (χ0v) is 12.5. The number of halogens is 1. The van der Waals surface area contributed by atoms with E-state index in [1.54, 1.807) is 26.0 Å². The van der Waals surface area contributed by atoms with Gasteiger partial charge in [-0.3, -0.25) is 4.79 Å². The lowest BCUT2D eigenvalue weighted by atomic mass is 9.99. The predicted molar refractivity (Wildman–Crippen MR) is 79.3 cm³/mol. The Morgan fingerprint density at radius 1 is 1.35 bits per heavy atom. The minimum absolute atomic E-state index is 0.00361. The summed E-state index contributed by atoms with van der Waals surface area (Å²) >= 11 is 5.98. The van der Waals surface area contributed by atoms with Gasteiger partial charge in [-0.05, 0) is 44.9 Å². The van der Waals surface area contributed by atoms with Crippen LogP contribution in [0.3, 0.4) is 0 Å². The summed E-state index contributed by atoms with van der Waals surface area (Å²) in [6, 6.07) is 4.85. The van der Waals surface area contributed by atoms with Crippen molar-refractivity contribution in [1.29, 1.82) is 0 Å².